The number of aliphatic hydroxyl groups is 1. The Morgan fingerprint density at radius 2 is 2.35 bits per heavy atom. The highest BCUT2D eigenvalue weighted by atomic mass is 32.1. The van der Waals surface area contributed by atoms with Crippen LogP contribution in [0.4, 0.5) is 8.78 Å². The van der Waals surface area contributed by atoms with E-state index in [1.165, 1.54) is 11.4 Å². The highest BCUT2D eigenvalue weighted by molar-refractivity contribution is 7.12. The molecular formula is C13H17F2NO3S. The van der Waals surface area contributed by atoms with Crippen LogP contribution in [0.15, 0.2) is 11.4 Å². The van der Waals surface area contributed by atoms with E-state index in [4.69, 9.17) is 0 Å². The van der Waals surface area contributed by atoms with Crippen LogP contribution in [0.5, 0.6) is 5.75 Å². The monoisotopic (exact) mass is 305 g/mol. The summed E-state index contributed by atoms with van der Waals surface area (Å²) >= 11 is 1.07. The van der Waals surface area contributed by atoms with Crippen molar-refractivity contribution < 1.29 is 23.4 Å². The maximum absolute atomic E-state index is 12.2. The molecule has 0 aromatic carbocycles. The van der Waals surface area contributed by atoms with Gasteiger partial charge in [-0.3, -0.25) is 4.79 Å². The van der Waals surface area contributed by atoms with Gasteiger partial charge in [-0.2, -0.15) is 8.78 Å². The largest absolute Gasteiger partial charge is 0.433 e. The van der Waals surface area contributed by atoms with Crippen molar-refractivity contribution in [2.75, 3.05) is 6.54 Å². The summed E-state index contributed by atoms with van der Waals surface area (Å²) in [7, 11) is 0. The molecule has 1 aromatic heterocycles. The van der Waals surface area contributed by atoms with Gasteiger partial charge in [0.15, 0.2) is 0 Å². The van der Waals surface area contributed by atoms with Crippen molar-refractivity contribution in [1.29, 1.82) is 0 Å². The number of hydrogen-bond donors (Lipinski definition) is 2. The van der Waals surface area contributed by atoms with Gasteiger partial charge >= 0.3 is 6.61 Å². The summed E-state index contributed by atoms with van der Waals surface area (Å²) in [5.74, 6) is -0.260. The van der Waals surface area contributed by atoms with Gasteiger partial charge in [0.25, 0.3) is 5.91 Å². The van der Waals surface area contributed by atoms with Crippen molar-refractivity contribution in [2.24, 2.45) is 5.92 Å². The number of aliphatic hydroxyl groups excluding tert-OH is 1. The molecule has 7 heteroatoms. The minimum Gasteiger partial charge on any atom is -0.433 e. The van der Waals surface area contributed by atoms with E-state index in [-0.39, 0.29) is 22.6 Å². The molecule has 1 aliphatic rings. The average molecular weight is 305 g/mol. The molecule has 2 N–H and O–H groups in total. The van der Waals surface area contributed by atoms with Crippen LogP contribution in [0.2, 0.25) is 0 Å². The maximum atomic E-state index is 12.2. The fourth-order valence-corrected chi connectivity index (χ4v) is 3.16. The van der Waals surface area contributed by atoms with Crippen molar-refractivity contribution >= 4 is 17.2 Å². The van der Waals surface area contributed by atoms with Gasteiger partial charge < -0.3 is 15.2 Å². The van der Waals surface area contributed by atoms with Crippen molar-refractivity contribution in [3.63, 3.8) is 0 Å². The standard InChI is InChI=1S/C13H17F2NO3S/c14-13(15)19-10-4-5-20-11(10)12(18)16-7-8-2-1-3-9(17)6-8/h4-5,8-9,13,17H,1-3,6-7H2,(H,16,18). The number of rotatable bonds is 5. The lowest BCUT2D eigenvalue weighted by Crippen LogP contribution is -2.32. The van der Waals surface area contributed by atoms with Crippen LogP contribution in [0, 0.1) is 5.92 Å². The molecule has 1 saturated carbocycles. The molecule has 2 atom stereocenters. The highest BCUT2D eigenvalue weighted by Crippen LogP contribution is 2.27. The number of alkyl halides is 2. The molecule has 0 spiro atoms. The summed E-state index contributed by atoms with van der Waals surface area (Å²) in [5, 5.41) is 13.8. The first kappa shape index (κ1) is 15.2. The van der Waals surface area contributed by atoms with Gasteiger partial charge in [-0.1, -0.05) is 6.42 Å². The zero-order valence-electron chi connectivity index (χ0n) is 10.9. The van der Waals surface area contributed by atoms with Gasteiger partial charge in [0, 0.05) is 6.54 Å². The Kier molecular flexibility index (Phi) is 5.31. The van der Waals surface area contributed by atoms with Gasteiger partial charge in [-0.15, -0.1) is 11.3 Å². The van der Waals surface area contributed by atoms with Gasteiger partial charge in [-0.05, 0) is 36.6 Å². The minimum atomic E-state index is -2.94. The lowest BCUT2D eigenvalue weighted by atomic mass is 9.87. The van der Waals surface area contributed by atoms with Crippen molar-refractivity contribution in [3.05, 3.63) is 16.3 Å². The van der Waals surface area contributed by atoms with E-state index >= 15 is 0 Å². The topological polar surface area (TPSA) is 58.6 Å². The summed E-state index contributed by atoms with van der Waals surface area (Å²) in [6.07, 6.45) is 3.08. The molecule has 1 fully saturated rings. The fourth-order valence-electron chi connectivity index (χ4n) is 2.42. The predicted molar refractivity (Wildman–Crippen MR) is 71.2 cm³/mol. The SMILES string of the molecule is O=C(NCC1CCCC(O)C1)c1sccc1OC(F)F. The second-order valence-electron chi connectivity index (χ2n) is 4.89. The fraction of sp³-hybridized carbons (Fsp3) is 0.615. The molecule has 4 nitrogen and oxygen atoms in total. The molecule has 1 aromatic rings. The van der Waals surface area contributed by atoms with E-state index in [9.17, 15) is 18.7 Å². The first-order valence-corrected chi connectivity index (χ1v) is 7.42. The number of thiophene rings is 1. The number of hydrogen-bond acceptors (Lipinski definition) is 4. The third-order valence-corrected chi connectivity index (χ3v) is 4.25. The molecular weight excluding hydrogens is 288 g/mol. The minimum absolute atomic E-state index is 0.0915. The maximum Gasteiger partial charge on any atom is 0.387 e. The first-order chi connectivity index (χ1) is 9.56. The third-order valence-electron chi connectivity index (χ3n) is 3.36. The van der Waals surface area contributed by atoms with E-state index < -0.39 is 12.5 Å². The predicted octanol–water partition coefficient (Wildman–Crippen LogP) is 2.63. The summed E-state index contributed by atoms with van der Waals surface area (Å²) in [6, 6.07) is 1.36. The second-order valence-corrected chi connectivity index (χ2v) is 5.81. The smallest absolute Gasteiger partial charge is 0.387 e. The molecule has 112 valence electrons. The molecule has 0 radical (unpaired) electrons. The van der Waals surface area contributed by atoms with E-state index in [1.807, 2.05) is 0 Å². The van der Waals surface area contributed by atoms with E-state index in [2.05, 4.69) is 10.1 Å². The van der Waals surface area contributed by atoms with Crippen LogP contribution in [0.1, 0.15) is 35.4 Å². The molecule has 2 rings (SSSR count). The molecule has 0 bridgehead atoms. The van der Waals surface area contributed by atoms with Crippen LogP contribution in [0.25, 0.3) is 0 Å². The molecule has 20 heavy (non-hydrogen) atoms. The summed E-state index contributed by atoms with van der Waals surface area (Å²) in [5.41, 5.74) is 0. The Bertz CT molecular complexity index is 453. The molecule has 1 heterocycles. The lowest BCUT2D eigenvalue weighted by Gasteiger charge is -2.25. The Labute approximate surface area is 119 Å². The number of ether oxygens (including phenoxy) is 1. The first-order valence-electron chi connectivity index (χ1n) is 6.55. The average Bonchev–Trinajstić information content (AvgIpc) is 2.83. The zero-order valence-corrected chi connectivity index (χ0v) is 11.7. The van der Waals surface area contributed by atoms with Gasteiger partial charge in [0.05, 0.1) is 6.10 Å². The number of halogens is 2. The lowest BCUT2D eigenvalue weighted by molar-refractivity contribution is -0.0498. The highest BCUT2D eigenvalue weighted by Gasteiger charge is 2.22. The Hall–Kier alpha value is -1.21. The van der Waals surface area contributed by atoms with Gasteiger partial charge in [0.2, 0.25) is 0 Å². The van der Waals surface area contributed by atoms with Gasteiger partial charge in [-0.25, -0.2) is 0 Å². The summed E-state index contributed by atoms with van der Waals surface area (Å²) < 4.78 is 28.7. The van der Waals surface area contributed by atoms with Crippen molar-refractivity contribution in [1.82, 2.24) is 5.32 Å². The number of carbonyl (C=O) groups excluding carboxylic acids is 1. The Morgan fingerprint density at radius 1 is 1.55 bits per heavy atom. The molecule has 2 unspecified atom stereocenters. The van der Waals surface area contributed by atoms with E-state index in [0.29, 0.717) is 13.0 Å². The number of carbonyl (C=O) groups is 1. The molecule has 1 amide bonds. The van der Waals surface area contributed by atoms with Crippen LogP contribution >= 0.6 is 11.3 Å². The van der Waals surface area contributed by atoms with Crippen LogP contribution in [-0.2, 0) is 0 Å². The number of nitrogens with one attached hydrogen (secondary N) is 1. The second kappa shape index (κ2) is 6.99. The summed E-state index contributed by atoms with van der Waals surface area (Å²) in [4.78, 5) is 12.1. The molecule has 0 aliphatic heterocycles. The van der Waals surface area contributed by atoms with Crippen molar-refractivity contribution in [2.45, 2.75) is 38.4 Å². The normalized spacial score (nSPS) is 22.8. The number of amides is 1. The molecule has 0 saturated heterocycles. The van der Waals surface area contributed by atoms with Crippen LogP contribution < -0.4 is 10.1 Å². The van der Waals surface area contributed by atoms with Crippen LogP contribution in [-0.4, -0.2) is 30.3 Å². The zero-order chi connectivity index (χ0) is 14.5. The third kappa shape index (κ3) is 4.14. The van der Waals surface area contributed by atoms with Crippen molar-refractivity contribution in [3.8, 4) is 5.75 Å². The van der Waals surface area contributed by atoms with Crippen LogP contribution in [0.3, 0.4) is 0 Å². The Balaban J connectivity index is 1.87. The summed E-state index contributed by atoms with van der Waals surface area (Å²) in [6.45, 7) is -2.49. The molecule has 1 aliphatic carbocycles. The quantitative estimate of drug-likeness (QED) is 0.879. The van der Waals surface area contributed by atoms with Gasteiger partial charge in [0.1, 0.15) is 10.6 Å². The van der Waals surface area contributed by atoms with E-state index in [0.717, 1.165) is 30.6 Å². The Morgan fingerprint density at radius 3 is 3.05 bits per heavy atom. The van der Waals surface area contributed by atoms with E-state index in [1.54, 1.807) is 0 Å².